The number of halogens is 1. The summed E-state index contributed by atoms with van der Waals surface area (Å²) in [5.74, 6) is 2.02. The molecule has 174 valence electrons. The third kappa shape index (κ3) is 7.36. The van der Waals surface area contributed by atoms with Crippen LogP contribution in [-0.2, 0) is 11.3 Å². The van der Waals surface area contributed by atoms with Crippen molar-refractivity contribution in [3.05, 3.63) is 54.2 Å². The monoisotopic (exact) mass is 550 g/mol. The Hall–Kier alpha value is -2.36. The van der Waals surface area contributed by atoms with Crippen LogP contribution in [0.1, 0.15) is 32.8 Å². The molecular formula is C24H35IN6O. The second-order valence-corrected chi connectivity index (χ2v) is 7.83. The van der Waals surface area contributed by atoms with E-state index in [-0.39, 0.29) is 35.8 Å². The summed E-state index contributed by atoms with van der Waals surface area (Å²) in [4.78, 5) is 26.1. The highest BCUT2D eigenvalue weighted by molar-refractivity contribution is 14.0. The molecular weight excluding hydrogens is 515 g/mol. The fraction of sp³-hybridized carbons (Fsp3) is 0.458. The largest absolute Gasteiger partial charge is 0.357 e. The zero-order valence-electron chi connectivity index (χ0n) is 19.3. The lowest BCUT2D eigenvalue weighted by Crippen LogP contribution is -2.52. The van der Waals surface area contributed by atoms with Crippen LogP contribution < -0.4 is 15.5 Å². The number of nitrogens with one attached hydrogen (secondary N) is 2. The number of piperazine rings is 1. The van der Waals surface area contributed by atoms with Crippen LogP contribution in [0.25, 0.3) is 0 Å². The van der Waals surface area contributed by atoms with Crippen molar-refractivity contribution in [3.63, 3.8) is 0 Å². The van der Waals surface area contributed by atoms with E-state index in [0.29, 0.717) is 6.54 Å². The smallest absolute Gasteiger partial charge is 0.227 e. The first kappa shape index (κ1) is 25.9. The molecule has 1 fully saturated rings. The number of carbonyl (C=O) groups is 1. The Kier molecular flexibility index (Phi) is 10.7. The van der Waals surface area contributed by atoms with E-state index in [1.54, 1.807) is 0 Å². The van der Waals surface area contributed by atoms with Crippen molar-refractivity contribution in [2.75, 3.05) is 42.9 Å². The summed E-state index contributed by atoms with van der Waals surface area (Å²) < 4.78 is 0. The first-order valence-electron chi connectivity index (χ1n) is 11.2. The third-order valence-corrected chi connectivity index (χ3v) is 5.55. The van der Waals surface area contributed by atoms with Crippen molar-refractivity contribution in [2.24, 2.45) is 10.9 Å². The molecule has 8 heteroatoms. The molecule has 0 spiro atoms. The summed E-state index contributed by atoms with van der Waals surface area (Å²) in [7, 11) is 0. The number of hydrogen-bond acceptors (Lipinski definition) is 4. The minimum absolute atomic E-state index is 0. The van der Waals surface area contributed by atoms with Gasteiger partial charge in [0.25, 0.3) is 0 Å². The number of aliphatic imine (C=N–C) groups is 1. The lowest BCUT2D eigenvalue weighted by Gasteiger charge is -2.37. The van der Waals surface area contributed by atoms with Crippen molar-refractivity contribution >= 4 is 47.3 Å². The van der Waals surface area contributed by atoms with E-state index >= 15 is 0 Å². The Labute approximate surface area is 208 Å². The molecule has 1 saturated heterocycles. The Morgan fingerprint density at radius 3 is 2.56 bits per heavy atom. The molecule has 0 bridgehead atoms. The maximum Gasteiger partial charge on any atom is 0.227 e. The molecule has 0 saturated carbocycles. The number of carbonyl (C=O) groups excluding carboxylic acids is 1. The number of rotatable bonds is 7. The highest BCUT2D eigenvalue weighted by Crippen LogP contribution is 2.15. The van der Waals surface area contributed by atoms with Gasteiger partial charge in [0.05, 0.1) is 6.54 Å². The van der Waals surface area contributed by atoms with Crippen LogP contribution in [0.2, 0.25) is 0 Å². The van der Waals surface area contributed by atoms with Crippen LogP contribution in [0.3, 0.4) is 0 Å². The van der Waals surface area contributed by atoms with Gasteiger partial charge in [-0.1, -0.05) is 32.0 Å². The third-order valence-electron chi connectivity index (χ3n) is 5.55. The molecule has 0 aliphatic carbocycles. The molecule has 1 aliphatic heterocycles. The lowest BCUT2D eigenvalue weighted by molar-refractivity contribution is -0.119. The predicted octanol–water partition coefficient (Wildman–Crippen LogP) is 3.97. The van der Waals surface area contributed by atoms with Crippen LogP contribution in [0.4, 0.5) is 11.5 Å². The van der Waals surface area contributed by atoms with Crippen molar-refractivity contribution in [2.45, 2.75) is 33.7 Å². The highest BCUT2D eigenvalue weighted by atomic mass is 127. The molecule has 1 amide bonds. The van der Waals surface area contributed by atoms with E-state index in [0.717, 1.165) is 62.2 Å². The first-order valence-corrected chi connectivity index (χ1v) is 11.2. The number of aromatic nitrogens is 1. The summed E-state index contributed by atoms with van der Waals surface area (Å²) in [6, 6.07) is 14.0. The van der Waals surface area contributed by atoms with Crippen LogP contribution in [0.15, 0.2) is 53.7 Å². The molecule has 1 atom stereocenters. The molecule has 2 aromatic rings. The standard InChI is InChI=1S/C24H34N6O.HI/c1-4-19(3)23(31)28-21-10-8-9-20(17-21)18-27-24(25-5-2)30-15-13-29(14-16-30)22-11-6-7-12-26-22;/h6-12,17,19H,4-5,13-16,18H2,1-3H3,(H,25,27)(H,28,31);1H. The van der Waals surface area contributed by atoms with Gasteiger partial charge in [-0.05, 0) is 43.2 Å². The second-order valence-electron chi connectivity index (χ2n) is 7.83. The van der Waals surface area contributed by atoms with Gasteiger partial charge in [-0.2, -0.15) is 0 Å². The van der Waals surface area contributed by atoms with E-state index in [2.05, 4.69) is 38.4 Å². The Morgan fingerprint density at radius 1 is 1.12 bits per heavy atom. The number of anilines is 2. The predicted molar refractivity (Wildman–Crippen MR) is 143 cm³/mol. The molecule has 0 radical (unpaired) electrons. The fourth-order valence-corrected chi connectivity index (χ4v) is 3.48. The Balaban J connectivity index is 0.00000363. The van der Waals surface area contributed by atoms with Gasteiger partial charge in [-0.3, -0.25) is 4.79 Å². The van der Waals surface area contributed by atoms with Crippen molar-refractivity contribution in [1.29, 1.82) is 0 Å². The van der Waals surface area contributed by atoms with Gasteiger partial charge >= 0.3 is 0 Å². The first-order chi connectivity index (χ1) is 15.1. The number of pyridine rings is 1. The molecule has 2 heterocycles. The van der Waals surface area contributed by atoms with Gasteiger partial charge in [0.2, 0.25) is 5.91 Å². The molecule has 32 heavy (non-hydrogen) atoms. The summed E-state index contributed by atoms with van der Waals surface area (Å²) in [6.07, 6.45) is 2.67. The topological polar surface area (TPSA) is 72.9 Å². The van der Waals surface area contributed by atoms with Crippen LogP contribution in [-0.4, -0.2) is 54.5 Å². The molecule has 7 nitrogen and oxygen atoms in total. The van der Waals surface area contributed by atoms with Crippen LogP contribution >= 0.6 is 24.0 Å². The van der Waals surface area contributed by atoms with Gasteiger partial charge in [0, 0.05) is 50.5 Å². The minimum atomic E-state index is 0. The molecule has 1 aromatic heterocycles. The van der Waals surface area contributed by atoms with Gasteiger partial charge in [-0.15, -0.1) is 24.0 Å². The van der Waals surface area contributed by atoms with Gasteiger partial charge in [0.15, 0.2) is 5.96 Å². The maximum atomic E-state index is 12.2. The molecule has 1 unspecified atom stereocenters. The summed E-state index contributed by atoms with van der Waals surface area (Å²) >= 11 is 0. The van der Waals surface area contributed by atoms with Gasteiger partial charge in [0.1, 0.15) is 5.82 Å². The quantitative estimate of drug-likeness (QED) is 0.310. The minimum Gasteiger partial charge on any atom is -0.357 e. The number of nitrogens with zero attached hydrogens (tertiary/aromatic N) is 4. The van der Waals surface area contributed by atoms with Crippen LogP contribution in [0.5, 0.6) is 0 Å². The average molecular weight is 550 g/mol. The van der Waals surface area contributed by atoms with E-state index in [9.17, 15) is 4.79 Å². The Morgan fingerprint density at radius 2 is 1.91 bits per heavy atom. The molecule has 2 N–H and O–H groups in total. The summed E-state index contributed by atoms with van der Waals surface area (Å²) in [5.41, 5.74) is 1.90. The normalized spacial score (nSPS) is 15.0. The Bertz CT molecular complexity index is 868. The van der Waals surface area contributed by atoms with Crippen molar-refractivity contribution < 1.29 is 4.79 Å². The van der Waals surface area contributed by atoms with Crippen molar-refractivity contribution in [3.8, 4) is 0 Å². The molecule has 3 rings (SSSR count). The SMILES string of the molecule is CCNC(=NCc1cccc(NC(=O)C(C)CC)c1)N1CCN(c2ccccn2)CC1.I. The highest BCUT2D eigenvalue weighted by Gasteiger charge is 2.20. The van der Waals surface area contributed by atoms with E-state index in [1.807, 2.05) is 56.4 Å². The zero-order chi connectivity index (χ0) is 22.1. The van der Waals surface area contributed by atoms with E-state index in [4.69, 9.17) is 4.99 Å². The number of benzene rings is 1. The fourth-order valence-electron chi connectivity index (χ4n) is 3.48. The molecule has 1 aliphatic rings. The van der Waals surface area contributed by atoms with E-state index in [1.165, 1.54) is 0 Å². The maximum absolute atomic E-state index is 12.2. The second kappa shape index (κ2) is 13.2. The van der Waals surface area contributed by atoms with Gasteiger partial charge in [-0.25, -0.2) is 9.98 Å². The zero-order valence-corrected chi connectivity index (χ0v) is 21.6. The lowest BCUT2D eigenvalue weighted by atomic mass is 10.1. The van der Waals surface area contributed by atoms with Crippen molar-refractivity contribution in [1.82, 2.24) is 15.2 Å². The molecule has 1 aromatic carbocycles. The average Bonchev–Trinajstić information content (AvgIpc) is 2.82. The number of guanidine groups is 1. The van der Waals surface area contributed by atoms with E-state index < -0.39 is 0 Å². The summed E-state index contributed by atoms with van der Waals surface area (Å²) in [6.45, 7) is 11.1. The van der Waals surface area contributed by atoms with Crippen LogP contribution in [0, 0.1) is 5.92 Å². The summed E-state index contributed by atoms with van der Waals surface area (Å²) in [5, 5.41) is 6.42. The number of hydrogen-bond donors (Lipinski definition) is 2. The number of amides is 1. The van der Waals surface area contributed by atoms with Gasteiger partial charge < -0.3 is 20.4 Å².